The van der Waals surface area contributed by atoms with Gasteiger partial charge in [0, 0.05) is 17.8 Å². The molecular formula is C75H42F6. The summed E-state index contributed by atoms with van der Waals surface area (Å²) in [7, 11) is 0. The summed E-state index contributed by atoms with van der Waals surface area (Å²) in [6.07, 6.45) is 0.256. The molecule has 0 aromatic heterocycles. The van der Waals surface area contributed by atoms with Crippen LogP contribution in [0.3, 0.4) is 0 Å². The van der Waals surface area contributed by atoms with E-state index in [0.717, 1.165) is 66.1 Å². The van der Waals surface area contributed by atoms with Crippen molar-refractivity contribution < 1.29 is 26.3 Å². The van der Waals surface area contributed by atoms with Crippen molar-refractivity contribution in [3.05, 3.63) is 326 Å². The Morgan fingerprint density at radius 1 is 0.309 bits per heavy atom. The highest BCUT2D eigenvalue weighted by atomic mass is 19.4. The first-order valence-electron chi connectivity index (χ1n) is 28.4. The second-order valence-electron chi connectivity index (χ2n) is 25.5. The lowest BCUT2D eigenvalue weighted by atomic mass is 9.37. The Bertz CT molecular complexity index is 4950. The van der Waals surface area contributed by atoms with Gasteiger partial charge in [-0.3, -0.25) is 0 Å². The quantitative estimate of drug-likeness (QED) is 0.151. The van der Waals surface area contributed by atoms with E-state index in [1.807, 2.05) is 0 Å². The van der Waals surface area contributed by atoms with Crippen LogP contribution in [0.25, 0.3) is 33.4 Å². The third kappa shape index (κ3) is 3.88. The molecule has 0 N–H and O–H groups in total. The van der Waals surface area contributed by atoms with Gasteiger partial charge in [-0.25, -0.2) is 0 Å². The highest BCUT2D eigenvalue weighted by Crippen LogP contribution is 2.90. The predicted molar refractivity (Wildman–Crippen MR) is 300 cm³/mol. The molecule has 0 bridgehead atoms. The summed E-state index contributed by atoms with van der Waals surface area (Å²) < 4.78 is 91.0. The zero-order chi connectivity index (χ0) is 53.9. The SMILES string of the molecule is Cc1ccc(C23C4=C5C6C7=C4C4(c8ccc(C(F)(F)F)cc8)c8c9c%10ccc8=C8C=CC(=C2C84)c2ccc4c(c23)C5(c2ccc(C)cc2)c2c-4ccc3c2C6(c2ccc(C)cc2)C2=C3C=CC=%10C2C79c2ccc(C(F)(F)F)cc2)cc1. The third-order valence-electron chi connectivity index (χ3n) is 23.0. The second kappa shape index (κ2) is 12.5. The fraction of sp³-hybridized carbons (Fsp3) is 0.173. The molecule has 0 nitrogen and oxygen atoms in total. The molecule has 2 fully saturated rings. The Balaban J connectivity index is 1.10. The number of benzene rings is 8. The number of hydrogen-bond donors (Lipinski definition) is 0. The van der Waals surface area contributed by atoms with Crippen LogP contribution in [0.1, 0.15) is 100 Å². The maximum atomic E-state index is 15.2. The molecule has 0 saturated heterocycles. The van der Waals surface area contributed by atoms with Gasteiger partial charge in [0.2, 0.25) is 0 Å². The molecule has 8 aromatic rings. The largest absolute Gasteiger partial charge is 0.416 e. The van der Waals surface area contributed by atoms with Crippen LogP contribution in [-0.2, 0) is 39.4 Å². The molecule has 8 atom stereocenters. The summed E-state index contributed by atoms with van der Waals surface area (Å²) in [5, 5.41) is 2.14. The lowest BCUT2D eigenvalue weighted by Gasteiger charge is -2.63. The number of alkyl halides is 6. The number of hydrogen-bond acceptors (Lipinski definition) is 0. The summed E-state index contributed by atoms with van der Waals surface area (Å²) in [4.78, 5) is 0. The van der Waals surface area contributed by atoms with Crippen LogP contribution < -0.4 is 10.4 Å². The van der Waals surface area contributed by atoms with E-state index in [-0.39, 0.29) is 11.8 Å². The number of halogens is 6. The number of fused-ring (bicyclic) bond motifs is 3. The van der Waals surface area contributed by atoms with Crippen molar-refractivity contribution in [3.8, 4) is 11.1 Å². The topological polar surface area (TPSA) is 0 Å². The van der Waals surface area contributed by atoms with E-state index in [9.17, 15) is 0 Å². The van der Waals surface area contributed by atoms with Gasteiger partial charge in [0.1, 0.15) is 0 Å². The van der Waals surface area contributed by atoms with Gasteiger partial charge in [-0.2, -0.15) is 26.3 Å². The van der Waals surface area contributed by atoms with E-state index < -0.39 is 56.5 Å². The summed E-state index contributed by atoms with van der Waals surface area (Å²) in [5.74, 6) is -1.14. The Morgan fingerprint density at radius 2 is 0.704 bits per heavy atom. The summed E-state index contributed by atoms with van der Waals surface area (Å²) in [6.45, 7) is 6.43. The molecule has 8 unspecified atom stereocenters. The molecule has 0 amide bonds. The van der Waals surface area contributed by atoms with E-state index in [1.165, 1.54) is 124 Å². The normalized spacial score (nSPS) is 30.1. The summed E-state index contributed by atoms with van der Waals surface area (Å²) in [5.41, 5.74) is 26.9. The van der Waals surface area contributed by atoms with E-state index >= 15 is 26.3 Å². The number of aryl methyl sites for hydroxylation is 3. The molecule has 13 aliphatic carbocycles. The van der Waals surface area contributed by atoms with Crippen LogP contribution in [0, 0.1) is 38.5 Å². The van der Waals surface area contributed by atoms with Crippen LogP contribution in [0.15, 0.2) is 215 Å². The lowest BCUT2D eigenvalue weighted by Crippen LogP contribution is -2.61. The van der Waals surface area contributed by atoms with E-state index in [1.54, 1.807) is 24.3 Å². The van der Waals surface area contributed by atoms with Gasteiger partial charge in [0.15, 0.2) is 0 Å². The van der Waals surface area contributed by atoms with Crippen LogP contribution in [0.2, 0.25) is 0 Å². The fourth-order valence-electron chi connectivity index (χ4n) is 21.0. The van der Waals surface area contributed by atoms with E-state index in [0.29, 0.717) is 0 Å². The zero-order valence-corrected chi connectivity index (χ0v) is 43.8. The third-order valence-corrected chi connectivity index (χ3v) is 23.0. The van der Waals surface area contributed by atoms with Crippen molar-refractivity contribution in [2.45, 2.75) is 60.2 Å². The molecule has 0 aliphatic heterocycles. The van der Waals surface area contributed by atoms with Crippen molar-refractivity contribution in [1.29, 1.82) is 0 Å². The molecule has 81 heavy (non-hydrogen) atoms. The van der Waals surface area contributed by atoms with Gasteiger partial charge in [-0.1, -0.05) is 174 Å². The highest BCUT2D eigenvalue weighted by Gasteiger charge is 2.84. The zero-order valence-electron chi connectivity index (χ0n) is 43.8. The molecule has 0 heterocycles. The maximum absolute atomic E-state index is 15.2. The van der Waals surface area contributed by atoms with E-state index in [4.69, 9.17) is 0 Å². The van der Waals surface area contributed by atoms with Gasteiger partial charge in [-0.05, 0) is 195 Å². The Labute approximate surface area is 461 Å². The van der Waals surface area contributed by atoms with Crippen molar-refractivity contribution in [2.24, 2.45) is 17.8 Å². The van der Waals surface area contributed by atoms with Gasteiger partial charge in [-0.15, -0.1) is 0 Å². The molecule has 0 spiro atoms. The average molecular weight is 1060 g/mol. The number of allylic oxidation sites excluding steroid dienone is 12. The summed E-state index contributed by atoms with van der Waals surface area (Å²) in [6, 6.07) is 54.5. The first-order valence-corrected chi connectivity index (χ1v) is 28.4. The van der Waals surface area contributed by atoms with Crippen molar-refractivity contribution in [1.82, 2.24) is 0 Å². The monoisotopic (exact) mass is 1060 g/mol. The summed E-state index contributed by atoms with van der Waals surface area (Å²) >= 11 is 0. The minimum Gasteiger partial charge on any atom is -0.166 e. The predicted octanol–water partition coefficient (Wildman–Crippen LogP) is 15.3. The Morgan fingerprint density at radius 3 is 1.23 bits per heavy atom. The second-order valence-corrected chi connectivity index (χ2v) is 25.5. The van der Waals surface area contributed by atoms with Crippen LogP contribution in [-0.4, -0.2) is 0 Å². The molecule has 0 radical (unpaired) electrons. The van der Waals surface area contributed by atoms with Crippen LogP contribution >= 0.6 is 0 Å². The minimum absolute atomic E-state index is 0.362. The smallest absolute Gasteiger partial charge is 0.166 e. The molecule has 384 valence electrons. The Kier molecular flexibility index (Phi) is 6.70. The van der Waals surface area contributed by atoms with Gasteiger partial charge >= 0.3 is 12.4 Å². The molecular weight excluding hydrogens is 1010 g/mol. The molecule has 21 rings (SSSR count). The van der Waals surface area contributed by atoms with Crippen molar-refractivity contribution >= 4 is 22.3 Å². The average Bonchev–Trinajstić information content (AvgIpc) is 1.43. The van der Waals surface area contributed by atoms with Crippen LogP contribution in [0.5, 0.6) is 0 Å². The first-order chi connectivity index (χ1) is 39.2. The van der Waals surface area contributed by atoms with Crippen molar-refractivity contribution in [2.75, 3.05) is 0 Å². The van der Waals surface area contributed by atoms with Gasteiger partial charge < -0.3 is 0 Å². The lowest BCUT2D eigenvalue weighted by molar-refractivity contribution is -0.138. The van der Waals surface area contributed by atoms with Crippen molar-refractivity contribution in [3.63, 3.8) is 0 Å². The van der Waals surface area contributed by atoms with E-state index in [2.05, 4.69) is 154 Å². The highest BCUT2D eigenvalue weighted by molar-refractivity contribution is 6.12. The van der Waals surface area contributed by atoms with Crippen LogP contribution in [0.4, 0.5) is 26.3 Å². The number of rotatable bonds is 5. The Hall–Kier alpha value is -8.48. The first kappa shape index (κ1) is 43.3. The molecule has 6 heteroatoms. The maximum Gasteiger partial charge on any atom is 0.416 e. The van der Waals surface area contributed by atoms with Gasteiger partial charge in [0.25, 0.3) is 0 Å². The molecule has 13 aliphatic rings. The standard InChI is InChI=1S/C75H42F6/c1-34-4-10-37(11-5-34)69-54-44-24-26-46-48-28-30-50-52-32-33-53-51-31-29-49-47-27-25-45(44)55(69)57(47)71(39-14-8-36(3)9-15-39)59(49)61(51)73(41-18-22-43(23-19-41)75(79,80)81)63(53)62(52)72(40-16-20-42(21-17-40)74(76,77)78)60(50)58(48)70(56(46)54,38-12-6-35(2)7-13-38)65-64(69)66(71)68(73)67(65)72/h4-33,60-61,65H,1-3H3. The van der Waals surface area contributed by atoms with Gasteiger partial charge in [0.05, 0.1) is 38.2 Å². The fourth-order valence-corrected chi connectivity index (χ4v) is 21.0. The molecule has 8 aromatic carbocycles. The minimum atomic E-state index is -4.58. The molecule has 2 saturated carbocycles.